The van der Waals surface area contributed by atoms with Crippen molar-refractivity contribution in [3.8, 4) is 0 Å². The monoisotopic (exact) mass is 219 g/mol. The highest BCUT2D eigenvalue weighted by molar-refractivity contribution is 5.82. The molecular weight excluding hydrogens is 202 g/mol. The van der Waals surface area contributed by atoms with Crippen LogP contribution in [0.25, 0.3) is 0 Å². The van der Waals surface area contributed by atoms with Crippen LogP contribution in [0.1, 0.15) is 20.3 Å². The summed E-state index contributed by atoms with van der Waals surface area (Å²) in [6, 6.07) is 7.81. The van der Waals surface area contributed by atoms with E-state index in [1.54, 1.807) is 5.01 Å². The standard InChI is InChI=1S/C12H17N3O/c1-9(2)15-12(16)6-7-14(15)11-5-3-4-10(13)8-11/h3-5,8-9H,6-7,13H2,1-2H3. The SMILES string of the molecule is CC(C)N1C(=O)CCN1c1cccc(N)c1. The minimum atomic E-state index is 0.177. The molecule has 0 spiro atoms. The number of hydrogen-bond donors (Lipinski definition) is 1. The van der Waals surface area contributed by atoms with E-state index in [2.05, 4.69) is 0 Å². The number of nitrogen functional groups attached to an aromatic ring is 1. The maximum atomic E-state index is 11.7. The first-order chi connectivity index (χ1) is 7.59. The van der Waals surface area contributed by atoms with E-state index in [-0.39, 0.29) is 11.9 Å². The molecule has 2 N–H and O–H groups in total. The largest absolute Gasteiger partial charge is 0.399 e. The van der Waals surface area contributed by atoms with E-state index in [4.69, 9.17) is 5.73 Å². The van der Waals surface area contributed by atoms with Gasteiger partial charge >= 0.3 is 0 Å². The second-order valence-electron chi connectivity index (χ2n) is 4.30. The summed E-state index contributed by atoms with van der Waals surface area (Å²) in [4.78, 5) is 11.7. The minimum Gasteiger partial charge on any atom is -0.399 e. The van der Waals surface area contributed by atoms with Gasteiger partial charge in [0.1, 0.15) is 0 Å². The Morgan fingerprint density at radius 3 is 2.75 bits per heavy atom. The van der Waals surface area contributed by atoms with Crippen molar-refractivity contribution in [1.29, 1.82) is 0 Å². The molecule has 0 aliphatic carbocycles. The molecule has 4 nitrogen and oxygen atoms in total. The number of benzene rings is 1. The van der Waals surface area contributed by atoms with Gasteiger partial charge in [-0.25, -0.2) is 0 Å². The average molecular weight is 219 g/mol. The average Bonchev–Trinajstić information content (AvgIpc) is 2.60. The van der Waals surface area contributed by atoms with Crippen LogP contribution in [-0.2, 0) is 4.79 Å². The number of nitrogens with zero attached hydrogens (tertiary/aromatic N) is 2. The molecule has 0 aromatic heterocycles. The van der Waals surface area contributed by atoms with Gasteiger partial charge in [-0.1, -0.05) is 6.07 Å². The van der Waals surface area contributed by atoms with Crippen molar-refractivity contribution in [1.82, 2.24) is 5.01 Å². The zero-order valence-corrected chi connectivity index (χ0v) is 9.68. The van der Waals surface area contributed by atoms with Crippen molar-refractivity contribution in [2.45, 2.75) is 26.3 Å². The van der Waals surface area contributed by atoms with Crippen molar-refractivity contribution in [3.63, 3.8) is 0 Å². The van der Waals surface area contributed by atoms with Crippen molar-refractivity contribution < 1.29 is 4.79 Å². The Morgan fingerprint density at radius 2 is 2.12 bits per heavy atom. The second kappa shape index (κ2) is 4.04. The molecule has 1 heterocycles. The van der Waals surface area contributed by atoms with Gasteiger partial charge in [-0.2, -0.15) is 0 Å². The van der Waals surface area contributed by atoms with E-state index in [0.717, 1.165) is 17.9 Å². The first kappa shape index (κ1) is 10.8. The smallest absolute Gasteiger partial charge is 0.243 e. The zero-order valence-electron chi connectivity index (χ0n) is 9.68. The number of nitrogens with two attached hydrogens (primary N) is 1. The highest BCUT2D eigenvalue weighted by Gasteiger charge is 2.30. The zero-order chi connectivity index (χ0) is 11.7. The van der Waals surface area contributed by atoms with Gasteiger partial charge in [0.15, 0.2) is 0 Å². The van der Waals surface area contributed by atoms with Gasteiger partial charge in [0, 0.05) is 24.7 Å². The molecular formula is C12H17N3O. The number of amides is 1. The lowest BCUT2D eigenvalue weighted by Crippen LogP contribution is -2.43. The third-order valence-corrected chi connectivity index (χ3v) is 2.71. The number of hydrazine groups is 1. The molecule has 1 aliphatic rings. The predicted octanol–water partition coefficient (Wildman–Crippen LogP) is 1.63. The summed E-state index contributed by atoms with van der Waals surface area (Å²) in [7, 11) is 0. The fourth-order valence-electron chi connectivity index (χ4n) is 2.06. The Bertz CT molecular complexity index is 403. The molecule has 86 valence electrons. The summed E-state index contributed by atoms with van der Waals surface area (Å²) in [5.41, 5.74) is 7.46. The Balaban J connectivity index is 2.30. The first-order valence-electron chi connectivity index (χ1n) is 5.54. The van der Waals surface area contributed by atoms with Crippen LogP contribution >= 0.6 is 0 Å². The van der Waals surface area contributed by atoms with Crippen LogP contribution in [0.5, 0.6) is 0 Å². The fourth-order valence-corrected chi connectivity index (χ4v) is 2.06. The quantitative estimate of drug-likeness (QED) is 0.769. The van der Waals surface area contributed by atoms with Crippen LogP contribution < -0.4 is 10.7 Å². The summed E-state index contributed by atoms with van der Waals surface area (Å²) in [5.74, 6) is 0.178. The molecule has 0 atom stereocenters. The highest BCUT2D eigenvalue weighted by atomic mass is 16.2. The summed E-state index contributed by atoms with van der Waals surface area (Å²) >= 11 is 0. The molecule has 0 radical (unpaired) electrons. The molecule has 1 saturated heterocycles. The van der Waals surface area contributed by atoms with Crippen LogP contribution in [0.4, 0.5) is 11.4 Å². The van der Waals surface area contributed by atoms with Gasteiger partial charge in [0.05, 0.1) is 5.69 Å². The van der Waals surface area contributed by atoms with Gasteiger partial charge in [0.25, 0.3) is 0 Å². The molecule has 2 rings (SSSR count). The molecule has 0 bridgehead atoms. The fraction of sp³-hybridized carbons (Fsp3) is 0.417. The molecule has 1 aromatic rings. The molecule has 4 heteroatoms. The van der Waals surface area contributed by atoms with Crippen LogP contribution in [0.15, 0.2) is 24.3 Å². The number of rotatable bonds is 2. The predicted molar refractivity (Wildman–Crippen MR) is 64.8 cm³/mol. The van der Waals surface area contributed by atoms with Crippen molar-refractivity contribution in [2.75, 3.05) is 17.3 Å². The molecule has 1 fully saturated rings. The van der Waals surface area contributed by atoms with Gasteiger partial charge in [-0.15, -0.1) is 0 Å². The molecule has 1 aliphatic heterocycles. The molecule has 1 amide bonds. The Kier molecular flexibility index (Phi) is 2.73. The maximum Gasteiger partial charge on any atom is 0.243 e. The van der Waals surface area contributed by atoms with Crippen LogP contribution in [-0.4, -0.2) is 23.5 Å². The summed E-state index contributed by atoms with van der Waals surface area (Å²) < 4.78 is 0. The third-order valence-electron chi connectivity index (χ3n) is 2.71. The normalized spacial score (nSPS) is 16.3. The second-order valence-corrected chi connectivity index (χ2v) is 4.30. The third kappa shape index (κ3) is 1.83. The van der Waals surface area contributed by atoms with E-state index in [1.165, 1.54) is 0 Å². The molecule has 1 aromatic carbocycles. The lowest BCUT2D eigenvalue weighted by molar-refractivity contribution is -0.129. The van der Waals surface area contributed by atoms with Crippen LogP contribution in [0.2, 0.25) is 0 Å². The minimum absolute atomic E-state index is 0.177. The maximum absolute atomic E-state index is 11.7. The Morgan fingerprint density at radius 1 is 1.38 bits per heavy atom. The highest BCUT2D eigenvalue weighted by Crippen LogP contribution is 2.25. The molecule has 16 heavy (non-hydrogen) atoms. The molecule has 0 saturated carbocycles. The topological polar surface area (TPSA) is 49.6 Å². The summed E-state index contributed by atoms with van der Waals surface area (Å²) in [6.45, 7) is 4.77. The Labute approximate surface area is 95.6 Å². The van der Waals surface area contributed by atoms with Gasteiger partial charge in [-0.05, 0) is 32.0 Å². The van der Waals surface area contributed by atoms with Crippen molar-refractivity contribution in [2.24, 2.45) is 0 Å². The van der Waals surface area contributed by atoms with Gasteiger partial charge in [0.2, 0.25) is 5.91 Å². The van der Waals surface area contributed by atoms with Crippen LogP contribution in [0, 0.1) is 0 Å². The first-order valence-corrected chi connectivity index (χ1v) is 5.54. The number of carbonyl (C=O) groups is 1. The van der Waals surface area contributed by atoms with Crippen molar-refractivity contribution >= 4 is 17.3 Å². The van der Waals surface area contributed by atoms with Crippen molar-refractivity contribution in [3.05, 3.63) is 24.3 Å². The summed E-state index contributed by atoms with van der Waals surface area (Å²) in [5, 5.41) is 3.80. The lowest BCUT2D eigenvalue weighted by Gasteiger charge is -2.33. The van der Waals surface area contributed by atoms with Gasteiger partial charge in [-0.3, -0.25) is 14.8 Å². The molecule has 0 unspecified atom stereocenters. The summed E-state index contributed by atoms with van der Waals surface area (Å²) in [6.07, 6.45) is 0.576. The number of anilines is 2. The number of hydrogen-bond acceptors (Lipinski definition) is 3. The number of carbonyl (C=O) groups excluding carboxylic acids is 1. The van der Waals surface area contributed by atoms with E-state index < -0.39 is 0 Å². The van der Waals surface area contributed by atoms with E-state index in [0.29, 0.717) is 6.42 Å². The lowest BCUT2D eigenvalue weighted by atomic mass is 10.3. The van der Waals surface area contributed by atoms with Gasteiger partial charge < -0.3 is 5.73 Å². The Hall–Kier alpha value is -1.71. The van der Waals surface area contributed by atoms with E-state index in [9.17, 15) is 4.79 Å². The van der Waals surface area contributed by atoms with E-state index in [1.807, 2.05) is 43.1 Å². The van der Waals surface area contributed by atoms with E-state index >= 15 is 0 Å². The van der Waals surface area contributed by atoms with Crippen LogP contribution in [0.3, 0.4) is 0 Å².